The lowest BCUT2D eigenvalue weighted by molar-refractivity contribution is -0.124. The largest absolute Gasteiger partial charge is 0.369 e. The normalized spacial score (nSPS) is 16.6. The van der Waals surface area contributed by atoms with Gasteiger partial charge in [0.2, 0.25) is 11.8 Å². The molecular weight excluding hydrogens is 358 g/mol. The molecule has 0 saturated carbocycles. The summed E-state index contributed by atoms with van der Waals surface area (Å²) in [4.78, 5) is 28.3. The van der Waals surface area contributed by atoms with E-state index in [1.165, 1.54) is 0 Å². The molecule has 1 aliphatic rings. The number of primary amides is 1. The standard InChI is InChI=1S/C21H25N3O2S/c1-15(24-13-11-16(12-14-24)20(22)25)21(26)23-18-9-5-6-10-19(18)27-17-7-3-2-4-8-17/h2-10,15-16H,11-14H2,1H3,(H2,22,25)(H,23,26)/t15-/m1/s1. The van der Waals surface area contributed by atoms with Crippen LogP contribution in [-0.4, -0.2) is 35.8 Å². The Hall–Kier alpha value is -2.31. The monoisotopic (exact) mass is 383 g/mol. The Morgan fingerprint density at radius 3 is 2.37 bits per heavy atom. The Kier molecular flexibility index (Phi) is 6.53. The lowest BCUT2D eigenvalue weighted by atomic mass is 9.95. The van der Waals surface area contributed by atoms with Crippen LogP contribution >= 0.6 is 11.8 Å². The van der Waals surface area contributed by atoms with Gasteiger partial charge in [-0.15, -0.1) is 0 Å². The van der Waals surface area contributed by atoms with Crippen LogP contribution < -0.4 is 11.1 Å². The van der Waals surface area contributed by atoms with E-state index in [9.17, 15) is 9.59 Å². The summed E-state index contributed by atoms with van der Waals surface area (Å²) in [5.74, 6) is -0.341. The number of amides is 2. The van der Waals surface area contributed by atoms with Crippen LogP contribution in [0, 0.1) is 5.92 Å². The summed E-state index contributed by atoms with van der Waals surface area (Å²) in [7, 11) is 0. The smallest absolute Gasteiger partial charge is 0.241 e. The number of nitrogens with two attached hydrogens (primary N) is 1. The molecule has 2 aromatic carbocycles. The quantitative estimate of drug-likeness (QED) is 0.802. The van der Waals surface area contributed by atoms with E-state index in [0.29, 0.717) is 25.9 Å². The van der Waals surface area contributed by atoms with Crippen molar-refractivity contribution in [2.45, 2.75) is 35.6 Å². The molecular formula is C21H25N3O2S. The van der Waals surface area contributed by atoms with Gasteiger partial charge in [0, 0.05) is 15.7 Å². The van der Waals surface area contributed by atoms with Gasteiger partial charge in [0.1, 0.15) is 0 Å². The summed E-state index contributed by atoms with van der Waals surface area (Å²) < 4.78 is 0. The first kappa shape index (κ1) is 19.5. The van der Waals surface area contributed by atoms with E-state index >= 15 is 0 Å². The zero-order chi connectivity index (χ0) is 19.2. The summed E-state index contributed by atoms with van der Waals surface area (Å²) in [6.45, 7) is 3.33. The number of anilines is 1. The number of nitrogens with zero attached hydrogens (tertiary/aromatic N) is 1. The first-order valence-corrected chi connectivity index (χ1v) is 10.0. The third kappa shape index (κ3) is 5.11. The number of likely N-dealkylation sites (tertiary alicyclic amines) is 1. The number of piperidine rings is 1. The van der Waals surface area contributed by atoms with Gasteiger partial charge in [-0.2, -0.15) is 0 Å². The Morgan fingerprint density at radius 2 is 1.70 bits per heavy atom. The predicted octanol–water partition coefficient (Wildman–Crippen LogP) is 3.36. The van der Waals surface area contributed by atoms with Crippen molar-refractivity contribution in [3.05, 3.63) is 54.6 Å². The van der Waals surface area contributed by atoms with Crippen LogP contribution in [0.15, 0.2) is 64.4 Å². The number of benzene rings is 2. The molecule has 2 amide bonds. The lowest BCUT2D eigenvalue weighted by Crippen LogP contribution is -2.47. The third-order valence-electron chi connectivity index (χ3n) is 4.98. The van der Waals surface area contributed by atoms with Crippen molar-refractivity contribution in [1.82, 2.24) is 4.90 Å². The maximum absolute atomic E-state index is 12.8. The summed E-state index contributed by atoms with van der Waals surface area (Å²) in [6, 6.07) is 17.7. The van der Waals surface area contributed by atoms with Crippen molar-refractivity contribution >= 4 is 29.3 Å². The molecule has 5 nitrogen and oxygen atoms in total. The molecule has 0 aliphatic carbocycles. The van der Waals surface area contributed by atoms with Crippen molar-refractivity contribution in [3.63, 3.8) is 0 Å². The van der Waals surface area contributed by atoms with Crippen molar-refractivity contribution in [1.29, 1.82) is 0 Å². The van der Waals surface area contributed by atoms with Gasteiger partial charge in [-0.25, -0.2) is 0 Å². The van der Waals surface area contributed by atoms with E-state index in [1.807, 2.05) is 49.4 Å². The van der Waals surface area contributed by atoms with Gasteiger partial charge in [0.25, 0.3) is 0 Å². The predicted molar refractivity (Wildman–Crippen MR) is 109 cm³/mol. The fourth-order valence-corrected chi connectivity index (χ4v) is 4.17. The fraction of sp³-hybridized carbons (Fsp3) is 0.333. The molecule has 0 bridgehead atoms. The molecule has 1 saturated heterocycles. The second kappa shape index (κ2) is 9.06. The highest BCUT2D eigenvalue weighted by atomic mass is 32.2. The minimum Gasteiger partial charge on any atom is -0.369 e. The van der Waals surface area contributed by atoms with E-state index in [1.54, 1.807) is 11.8 Å². The Balaban J connectivity index is 1.63. The van der Waals surface area contributed by atoms with Crippen LogP contribution in [0.4, 0.5) is 5.69 Å². The Labute approximate surface area is 164 Å². The van der Waals surface area contributed by atoms with Crippen molar-refractivity contribution in [2.24, 2.45) is 11.7 Å². The van der Waals surface area contributed by atoms with E-state index in [-0.39, 0.29) is 23.8 Å². The van der Waals surface area contributed by atoms with E-state index in [2.05, 4.69) is 22.3 Å². The van der Waals surface area contributed by atoms with Crippen LogP contribution in [0.25, 0.3) is 0 Å². The van der Waals surface area contributed by atoms with Crippen LogP contribution in [0.2, 0.25) is 0 Å². The number of para-hydroxylation sites is 1. The summed E-state index contributed by atoms with van der Waals surface area (Å²) in [5, 5.41) is 3.07. The van der Waals surface area contributed by atoms with Crippen LogP contribution in [0.1, 0.15) is 19.8 Å². The molecule has 1 heterocycles. The summed E-state index contributed by atoms with van der Waals surface area (Å²) in [5.41, 5.74) is 6.21. The van der Waals surface area contributed by atoms with Crippen molar-refractivity contribution in [3.8, 4) is 0 Å². The van der Waals surface area contributed by atoms with E-state index in [4.69, 9.17) is 5.73 Å². The summed E-state index contributed by atoms with van der Waals surface area (Å²) >= 11 is 1.63. The summed E-state index contributed by atoms with van der Waals surface area (Å²) in [6.07, 6.45) is 1.43. The minimum atomic E-state index is -0.256. The number of carbonyl (C=O) groups excluding carboxylic acids is 2. The topological polar surface area (TPSA) is 75.4 Å². The number of nitrogens with one attached hydrogen (secondary N) is 1. The van der Waals surface area contributed by atoms with Gasteiger partial charge < -0.3 is 11.1 Å². The molecule has 142 valence electrons. The molecule has 1 atom stereocenters. The second-order valence-electron chi connectivity index (χ2n) is 6.79. The highest BCUT2D eigenvalue weighted by Gasteiger charge is 2.29. The third-order valence-corrected chi connectivity index (χ3v) is 6.06. The maximum atomic E-state index is 12.8. The van der Waals surface area contributed by atoms with Gasteiger partial charge >= 0.3 is 0 Å². The highest BCUT2D eigenvalue weighted by molar-refractivity contribution is 7.99. The zero-order valence-electron chi connectivity index (χ0n) is 15.4. The molecule has 0 spiro atoms. The number of rotatable bonds is 6. The van der Waals surface area contributed by atoms with Crippen molar-refractivity contribution < 1.29 is 9.59 Å². The molecule has 0 aromatic heterocycles. The first-order valence-electron chi connectivity index (χ1n) is 9.21. The van der Waals surface area contributed by atoms with Gasteiger partial charge in [0.15, 0.2) is 0 Å². The zero-order valence-corrected chi connectivity index (χ0v) is 16.2. The minimum absolute atomic E-state index is 0.0337. The van der Waals surface area contributed by atoms with Gasteiger partial charge in [-0.1, -0.05) is 42.1 Å². The van der Waals surface area contributed by atoms with Crippen molar-refractivity contribution in [2.75, 3.05) is 18.4 Å². The molecule has 27 heavy (non-hydrogen) atoms. The molecule has 0 radical (unpaired) electrons. The molecule has 3 rings (SSSR count). The molecule has 1 fully saturated rings. The number of hydrogen-bond acceptors (Lipinski definition) is 4. The van der Waals surface area contributed by atoms with Crippen LogP contribution in [-0.2, 0) is 9.59 Å². The van der Waals surface area contributed by atoms with Gasteiger partial charge in [-0.3, -0.25) is 14.5 Å². The van der Waals surface area contributed by atoms with Gasteiger partial charge in [0.05, 0.1) is 11.7 Å². The number of carbonyl (C=O) groups is 2. The Morgan fingerprint density at radius 1 is 1.07 bits per heavy atom. The van der Waals surface area contributed by atoms with Crippen LogP contribution in [0.3, 0.4) is 0 Å². The maximum Gasteiger partial charge on any atom is 0.241 e. The molecule has 1 aliphatic heterocycles. The molecule has 3 N–H and O–H groups in total. The molecule has 6 heteroatoms. The average Bonchev–Trinajstić information content (AvgIpc) is 2.69. The van der Waals surface area contributed by atoms with E-state index in [0.717, 1.165) is 15.5 Å². The van der Waals surface area contributed by atoms with E-state index < -0.39 is 0 Å². The highest BCUT2D eigenvalue weighted by Crippen LogP contribution is 2.33. The SMILES string of the molecule is C[C@H](C(=O)Nc1ccccc1Sc1ccccc1)N1CCC(C(N)=O)CC1. The lowest BCUT2D eigenvalue weighted by Gasteiger charge is -2.34. The average molecular weight is 384 g/mol. The molecule has 0 unspecified atom stereocenters. The fourth-order valence-electron chi connectivity index (χ4n) is 3.25. The Bertz CT molecular complexity index is 789. The molecule has 2 aromatic rings. The number of hydrogen-bond donors (Lipinski definition) is 2. The first-order chi connectivity index (χ1) is 13.0. The van der Waals surface area contributed by atoms with Gasteiger partial charge in [-0.05, 0) is 57.1 Å². The van der Waals surface area contributed by atoms with Crippen LogP contribution in [0.5, 0.6) is 0 Å². The second-order valence-corrected chi connectivity index (χ2v) is 7.90.